The molecule has 0 aliphatic heterocycles. The van der Waals surface area contributed by atoms with E-state index in [-0.39, 0.29) is 5.69 Å². The van der Waals surface area contributed by atoms with Gasteiger partial charge >= 0.3 is 12.1 Å². The van der Waals surface area contributed by atoms with Gasteiger partial charge in [-0.2, -0.15) is 0 Å². The first-order valence-electron chi connectivity index (χ1n) is 6.10. The molecule has 3 N–H and O–H groups in total. The molecule has 0 aliphatic rings. The van der Waals surface area contributed by atoms with Crippen molar-refractivity contribution in [3.05, 3.63) is 29.8 Å². The second-order valence-electron chi connectivity index (χ2n) is 5.40. The van der Waals surface area contributed by atoms with Gasteiger partial charge in [-0.3, -0.25) is 10.3 Å². The summed E-state index contributed by atoms with van der Waals surface area (Å²) in [5.41, 5.74) is -3.89. The molecule has 8 heteroatoms. The predicted octanol–water partition coefficient (Wildman–Crippen LogP) is 1.06. The quantitative estimate of drug-likeness (QED) is 0.717. The van der Waals surface area contributed by atoms with Crippen molar-refractivity contribution in [2.45, 2.75) is 38.5 Å². The van der Waals surface area contributed by atoms with E-state index in [4.69, 9.17) is 9.84 Å². The van der Waals surface area contributed by atoms with Crippen molar-refractivity contribution in [3.8, 4) is 0 Å². The van der Waals surface area contributed by atoms with E-state index in [0.29, 0.717) is 0 Å². The summed E-state index contributed by atoms with van der Waals surface area (Å²) >= 11 is 0. The number of carboxylic acid groups (broad SMARTS) is 1. The summed E-state index contributed by atoms with van der Waals surface area (Å²) in [5, 5.41) is 20.9. The summed E-state index contributed by atoms with van der Waals surface area (Å²) in [7, 11) is 0. The molecule has 1 unspecified atom stereocenters. The number of carbonyl (C=O) groups excluding carboxylic acids is 1. The largest absolute Gasteiger partial charge is 0.478 e. The van der Waals surface area contributed by atoms with Crippen LogP contribution >= 0.6 is 0 Å². The number of carbonyl (C=O) groups is 2. The highest BCUT2D eigenvalue weighted by atomic mass is 19.1. The van der Waals surface area contributed by atoms with Gasteiger partial charge in [0.25, 0.3) is 0 Å². The molecule has 0 fully saturated rings. The Morgan fingerprint density at radius 3 is 2.52 bits per heavy atom. The molecule has 116 valence electrons. The van der Waals surface area contributed by atoms with Crippen LogP contribution in [-0.2, 0) is 16.0 Å². The summed E-state index contributed by atoms with van der Waals surface area (Å²) in [5.74, 6) is -2.54. The molecular formula is C13H17FN2O5. The van der Waals surface area contributed by atoms with Gasteiger partial charge in [-0.25, -0.2) is 14.0 Å². The molecule has 0 aromatic carbocycles. The highest BCUT2D eigenvalue weighted by Gasteiger charge is 2.40. The molecule has 7 nitrogen and oxygen atoms in total. The second-order valence-corrected chi connectivity index (χ2v) is 5.40. The fourth-order valence-electron chi connectivity index (χ4n) is 1.44. The Bertz CT molecular complexity index is 544. The molecule has 0 bridgehead atoms. The molecule has 1 aromatic heterocycles. The number of pyridine rings is 1. The van der Waals surface area contributed by atoms with Crippen LogP contribution in [0.1, 0.15) is 26.5 Å². The molecular weight excluding hydrogens is 283 g/mol. The van der Waals surface area contributed by atoms with E-state index in [1.165, 1.54) is 12.3 Å². The van der Waals surface area contributed by atoms with Crippen LogP contribution in [0.2, 0.25) is 0 Å². The molecule has 0 aliphatic carbocycles. The third kappa shape index (κ3) is 4.99. The van der Waals surface area contributed by atoms with Crippen LogP contribution in [0.3, 0.4) is 0 Å². The van der Waals surface area contributed by atoms with E-state index in [1.54, 1.807) is 20.8 Å². The Labute approximate surface area is 120 Å². The zero-order chi connectivity index (χ0) is 16.3. The standard InChI is InChI=1S/C13H17FN2O5/c1-12(2,3)21-11(19)16-13(20,10(17)18)7-9-8(14)5-4-6-15-9/h4-6,20H,7H2,1-3H3,(H,16,19)(H,17,18). The number of amides is 1. The summed E-state index contributed by atoms with van der Waals surface area (Å²) in [6, 6.07) is 2.39. The molecule has 0 saturated heterocycles. The topological polar surface area (TPSA) is 109 Å². The van der Waals surface area contributed by atoms with Crippen LogP contribution in [0, 0.1) is 5.82 Å². The third-order valence-electron chi connectivity index (χ3n) is 2.32. The van der Waals surface area contributed by atoms with Gasteiger partial charge in [-0.05, 0) is 32.9 Å². The molecule has 0 radical (unpaired) electrons. The van der Waals surface area contributed by atoms with Crippen LogP contribution in [0.25, 0.3) is 0 Å². The van der Waals surface area contributed by atoms with Crippen LogP contribution in [-0.4, -0.2) is 38.6 Å². The van der Waals surface area contributed by atoms with Crippen molar-refractivity contribution < 1.29 is 28.9 Å². The highest BCUT2D eigenvalue weighted by molar-refractivity contribution is 5.82. The Kier molecular flexibility index (Phi) is 4.84. The van der Waals surface area contributed by atoms with Crippen LogP contribution in [0.4, 0.5) is 9.18 Å². The van der Waals surface area contributed by atoms with Gasteiger partial charge in [0, 0.05) is 6.20 Å². The van der Waals surface area contributed by atoms with E-state index in [9.17, 15) is 19.1 Å². The molecule has 1 aromatic rings. The van der Waals surface area contributed by atoms with Gasteiger partial charge in [0.15, 0.2) is 0 Å². The summed E-state index contributed by atoms with van der Waals surface area (Å²) in [4.78, 5) is 26.4. The average molecular weight is 300 g/mol. The average Bonchev–Trinajstić information content (AvgIpc) is 2.29. The van der Waals surface area contributed by atoms with Crippen molar-refractivity contribution in [1.82, 2.24) is 10.3 Å². The third-order valence-corrected chi connectivity index (χ3v) is 2.32. The Balaban J connectivity index is 2.92. The first-order valence-corrected chi connectivity index (χ1v) is 6.10. The zero-order valence-electron chi connectivity index (χ0n) is 11.9. The highest BCUT2D eigenvalue weighted by Crippen LogP contribution is 2.14. The van der Waals surface area contributed by atoms with Crippen LogP contribution in [0.15, 0.2) is 18.3 Å². The number of halogens is 1. The first-order chi connectivity index (χ1) is 9.53. The number of alkyl carbamates (subject to hydrolysis) is 1. The molecule has 1 amide bonds. The zero-order valence-corrected chi connectivity index (χ0v) is 11.9. The van der Waals surface area contributed by atoms with Crippen LogP contribution in [0.5, 0.6) is 0 Å². The van der Waals surface area contributed by atoms with E-state index in [1.807, 2.05) is 5.32 Å². The van der Waals surface area contributed by atoms with E-state index in [2.05, 4.69) is 4.98 Å². The smallest absolute Gasteiger partial charge is 0.410 e. The predicted molar refractivity (Wildman–Crippen MR) is 69.9 cm³/mol. The van der Waals surface area contributed by atoms with Gasteiger partial charge in [-0.1, -0.05) is 0 Å². The number of hydrogen-bond donors (Lipinski definition) is 3. The van der Waals surface area contributed by atoms with E-state index >= 15 is 0 Å². The number of nitrogens with zero attached hydrogens (tertiary/aromatic N) is 1. The maximum Gasteiger partial charge on any atom is 0.410 e. The number of aromatic nitrogens is 1. The summed E-state index contributed by atoms with van der Waals surface area (Å²) in [6.07, 6.45) is -0.633. The lowest BCUT2D eigenvalue weighted by atomic mass is 10.1. The van der Waals surface area contributed by atoms with Crippen molar-refractivity contribution >= 4 is 12.1 Å². The lowest BCUT2D eigenvalue weighted by Gasteiger charge is -2.27. The van der Waals surface area contributed by atoms with Gasteiger partial charge in [0.2, 0.25) is 5.72 Å². The van der Waals surface area contributed by atoms with Crippen molar-refractivity contribution in [3.63, 3.8) is 0 Å². The number of aliphatic hydroxyl groups is 1. The first kappa shape index (κ1) is 16.8. The Morgan fingerprint density at radius 1 is 1.43 bits per heavy atom. The lowest BCUT2D eigenvalue weighted by molar-refractivity contribution is -0.162. The van der Waals surface area contributed by atoms with Gasteiger partial charge in [-0.15, -0.1) is 0 Å². The van der Waals surface area contributed by atoms with Crippen molar-refractivity contribution in [2.24, 2.45) is 0 Å². The second kappa shape index (κ2) is 6.04. The normalized spacial score (nSPS) is 14.1. The SMILES string of the molecule is CC(C)(C)OC(=O)NC(O)(Cc1ncccc1F)C(=O)O. The van der Waals surface area contributed by atoms with E-state index < -0.39 is 35.6 Å². The van der Waals surface area contributed by atoms with Gasteiger partial charge in [0.1, 0.15) is 11.4 Å². The minimum Gasteiger partial charge on any atom is -0.478 e. The fraction of sp³-hybridized carbons (Fsp3) is 0.462. The van der Waals surface area contributed by atoms with E-state index in [0.717, 1.165) is 6.07 Å². The maximum absolute atomic E-state index is 13.5. The minimum atomic E-state index is -2.72. The maximum atomic E-state index is 13.5. The monoisotopic (exact) mass is 300 g/mol. The minimum absolute atomic E-state index is 0.293. The number of carboxylic acids is 1. The molecule has 0 saturated carbocycles. The number of aliphatic carboxylic acids is 1. The molecule has 1 heterocycles. The molecule has 1 rings (SSSR count). The number of hydrogen-bond acceptors (Lipinski definition) is 5. The number of ether oxygens (including phenoxy) is 1. The van der Waals surface area contributed by atoms with Crippen LogP contribution < -0.4 is 5.32 Å². The molecule has 21 heavy (non-hydrogen) atoms. The number of rotatable bonds is 4. The van der Waals surface area contributed by atoms with Crippen molar-refractivity contribution in [1.29, 1.82) is 0 Å². The molecule has 0 spiro atoms. The molecule has 1 atom stereocenters. The fourth-order valence-corrected chi connectivity index (χ4v) is 1.44. The summed E-state index contributed by atoms with van der Waals surface area (Å²) in [6.45, 7) is 4.72. The van der Waals surface area contributed by atoms with Gasteiger partial charge in [0.05, 0.1) is 12.1 Å². The Hall–Kier alpha value is -2.22. The van der Waals surface area contributed by atoms with Crippen molar-refractivity contribution in [2.75, 3.05) is 0 Å². The summed E-state index contributed by atoms with van der Waals surface area (Å²) < 4.78 is 18.3. The lowest BCUT2D eigenvalue weighted by Crippen LogP contribution is -2.57. The number of nitrogens with one attached hydrogen (secondary N) is 1. The van der Waals surface area contributed by atoms with Gasteiger partial charge < -0.3 is 14.9 Å². The Morgan fingerprint density at radius 2 is 2.05 bits per heavy atom.